The molecule has 6 heteroatoms. The van der Waals surface area contributed by atoms with Gasteiger partial charge in [-0.15, -0.1) is 0 Å². The van der Waals surface area contributed by atoms with Crippen molar-refractivity contribution in [2.45, 2.75) is 38.4 Å². The lowest BCUT2D eigenvalue weighted by molar-refractivity contribution is 0.507. The average Bonchev–Trinajstić information content (AvgIpc) is 3.05. The standard InChI is InChI=1S/C13H17N5O/c19-13-8-12(16-11-2-3-11)9-15-18(13)6-1-5-17-7-4-14-10-17/h4,7-11,16H,1-3,5-6H2. The summed E-state index contributed by atoms with van der Waals surface area (Å²) in [6.07, 6.45) is 10.4. The fraction of sp³-hybridized carbons (Fsp3) is 0.462. The Kier molecular flexibility index (Phi) is 3.31. The van der Waals surface area contributed by atoms with Gasteiger partial charge in [-0.25, -0.2) is 9.67 Å². The SMILES string of the molecule is O=c1cc(NC2CC2)cnn1CCCn1ccnc1. The summed E-state index contributed by atoms with van der Waals surface area (Å²) >= 11 is 0. The number of hydrogen-bond donors (Lipinski definition) is 1. The van der Waals surface area contributed by atoms with E-state index in [0.717, 1.165) is 18.7 Å². The first-order valence-electron chi connectivity index (χ1n) is 6.61. The minimum atomic E-state index is -0.0451. The highest BCUT2D eigenvalue weighted by Gasteiger charge is 2.20. The van der Waals surface area contributed by atoms with Crippen molar-refractivity contribution in [3.63, 3.8) is 0 Å². The van der Waals surface area contributed by atoms with Crippen LogP contribution in [0.5, 0.6) is 0 Å². The Hall–Kier alpha value is -2.11. The van der Waals surface area contributed by atoms with Crippen LogP contribution >= 0.6 is 0 Å². The Morgan fingerprint density at radius 2 is 2.26 bits per heavy atom. The molecule has 2 aromatic heterocycles. The van der Waals surface area contributed by atoms with Crippen molar-refractivity contribution in [1.29, 1.82) is 0 Å². The first-order valence-corrected chi connectivity index (χ1v) is 6.61. The highest BCUT2D eigenvalue weighted by molar-refractivity contribution is 5.41. The molecule has 100 valence electrons. The Labute approximate surface area is 111 Å². The molecule has 0 atom stereocenters. The van der Waals surface area contributed by atoms with Gasteiger partial charge in [-0.05, 0) is 19.3 Å². The van der Waals surface area contributed by atoms with Crippen LogP contribution in [-0.2, 0) is 13.1 Å². The fourth-order valence-electron chi connectivity index (χ4n) is 1.97. The lowest BCUT2D eigenvalue weighted by atomic mass is 10.4. The van der Waals surface area contributed by atoms with Crippen LogP contribution in [0.2, 0.25) is 0 Å². The summed E-state index contributed by atoms with van der Waals surface area (Å²) in [7, 11) is 0. The van der Waals surface area contributed by atoms with E-state index < -0.39 is 0 Å². The van der Waals surface area contributed by atoms with Gasteiger partial charge in [-0.3, -0.25) is 4.79 Å². The van der Waals surface area contributed by atoms with Crippen LogP contribution in [0.1, 0.15) is 19.3 Å². The maximum Gasteiger partial charge on any atom is 0.268 e. The molecule has 0 unspecified atom stereocenters. The summed E-state index contributed by atoms with van der Waals surface area (Å²) in [6.45, 7) is 1.47. The molecule has 3 rings (SSSR count). The van der Waals surface area contributed by atoms with Crippen LogP contribution in [0.15, 0.2) is 35.8 Å². The summed E-state index contributed by atoms with van der Waals surface area (Å²) in [4.78, 5) is 15.9. The Morgan fingerprint density at radius 3 is 2.95 bits per heavy atom. The summed E-state index contributed by atoms with van der Waals surface area (Å²) < 4.78 is 3.50. The predicted octanol–water partition coefficient (Wildman–Crippen LogP) is 1.10. The highest BCUT2D eigenvalue weighted by atomic mass is 16.1. The number of nitrogens with one attached hydrogen (secondary N) is 1. The molecule has 1 aliphatic carbocycles. The van der Waals surface area contributed by atoms with Gasteiger partial charge < -0.3 is 9.88 Å². The van der Waals surface area contributed by atoms with Crippen molar-refractivity contribution in [2.75, 3.05) is 5.32 Å². The van der Waals surface area contributed by atoms with E-state index in [9.17, 15) is 4.79 Å². The third kappa shape index (κ3) is 3.21. The number of anilines is 1. The smallest absolute Gasteiger partial charge is 0.268 e. The van der Waals surface area contributed by atoms with Gasteiger partial charge in [0.25, 0.3) is 5.56 Å². The molecular weight excluding hydrogens is 242 g/mol. The van der Waals surface area contributed by atoms with E-state index in [4.69, 9.17) is 0 Å². The van der Waals surface area contributed by atoms with Crippen molar-refractivity contribution in [3.05, 3.63) is 41.3 Å². The molecular formula is C13H17N5O. The molecule has 2 aromatic rings. The summed E-state index contributed by atoms with van der Waals surface area (Å²) in [6, 6.07) is 2.17. The molecule has 0 amide bonds. The highest BCUT2D eigenvalue weighted by Crippen LogP contribution is 2.23. The monoisotopic (exact) mass is 259 g/mol. The first-order chi connectivity index (χ1) is 9.31. The van der Waals surface area contributed by atoms with E-state index in [-0.39, 0.29) is 5.56 Å². The van der Waals surface area contributed by atoms with Crippen LogP contribution in [0.25, 0.3) is 0 Å². The van der Waals surface area contributed by atoms with Gasteiger partial charge in [-0.1, -0.05) is 0 Å². The van der Waals surface area contributed by atoms with E-state index in [0.29, 0.717) is 12.6 Å². The van der Waals surface area contributed by atoms with Crippen molar-refractivity contribution in [1.82, 2.24) is 19.3 Å². The second-order valence-electron chi connectivity index (χ2n) is 4.88. The molecule has 0 bridgehead atoms. The zero-order chi connectivity index (χ0) is 13.1. The Balaban J connectivity index is 1.56. The van der Waals surface area contributed by atoms with E-state index in [1.807, 2.05) is 10.8 Å². The van der Waals surface area contributed by atoms with Crippen molar-refractivity contribution in [3.8, 4) is 0 Å². The number of rotatable bonds is 6. The first kappa shape index (κ1) is 12.0. The normalized spacial score (nSPS) is 14.5. The number of aromatic nitrogens is 4. The van der Waals surface area contributed by atoms with Gasteiger partial charge in [0, 0.05) is 37.6 Å². The molecule has 1 aliphatic rings. The molecule has 0 radical (unpaired) electrons. The molecule has 1 fully saturated rings. The lowest BCUT2D eigenvalue weighted by Crippen LogP contribution is -2.23. The van der Waals surface area contributed by atoms with Crippen LogP contribution in [-0.4, -0.2) is 25.4 Å². The van der Waals surface area contributed by atoms with Gasteiger partial charge >= 0.3 is 0 Å². The maximum absolute atomic E-state index is 11.9. The molecule has 2 heterocycles. The zero-order valence-corrected chi connectivity index (χ0v) is 10.7. The molecule has 0 spiro atoms. The molecule has 0 saturated heterocycles. The van der Waals surface area contributed by atoms with Crippen LogP contribution < -0.4 is 10.9 Å². The van der Waals surface area contributed by atoms with Gasteiger partial charge in [-0.2, -0.15) is 5.10 Å². The number of aryl methyl sites for hydroxylation is 2. The maximum atomic E-state index is 11.9. The van der Waals surface area contributed by atoms with Gasteiger partial charge in [0.15, 0.2) is 0 Å². The summed E-state index contributed by atoms with van der Waals surface area (Å²) in [5.74, 6) is 0. The molecule has 19 heavy (non-hydrogen) atoms. The van der Waals surface area contributed by atoms with Gasteiger partial charge in [0.05, 0.1) is 18.2 Å². The topological polar surface area (TPSA) is 64.7 Å². The molecule has 0 aromatic carbocycles. The number of hydrogen-bond acceptors (Lipinski definition) is 4. The Morgan fingerprint density at radius 1 is 1.37 bits per heavy atom. The third-order valence-electron chi connectivity index (χ3n) is 3.16. The lowest BCUT2D eigenvalue weighted by Gasteiger charge is -2.07. The molecule has 6 nitrogen and oxygen atoms in total. The predicted molar refractivity (Wildman–Crippen MR) is 72.0 cm³/mol. The second-order valence-corrected chi connectivity index (χ2v) is 4.88. The van der Waals surface area contributed by atoms with E-state index in [1.54, 1.807) is 24.8 Å². The number of imidazole rings is 1. The summed E-state index contributed by atoms with van der Waals surface area (Å²) in [5.41, 5.74) is 0.787. The van der Waals surface area contributed by atoms with Crippen molar-refractivity contribution in [2.24, 2.45) is 0 Å². The zero-order valence-electron chi connectivity index (χ0n) is 10.7. The van der Waals surface area contributed by atoms with Crippen molar-refractivity contribution >= 4 is 5.69 Å². The van der Waals surface area contributed by atoms with E-state index >= 15 is 0 Å². The van der Waals surface area contributed by atoms with E-state index in [2.05, 4.69) is 15.4 Å². The molecule has 1 N–H and O–H groups in total. The van der Waals surface area contributed by atoms with Crippen molar-refractivity contribution < 1.29 is 0 Å². The minimum Gasteiger partial charge on any atom is -0.381 e. The quantitative estimate of drug-likeness (QED) is 0.844. The largest absolute Gasteiger partial charge is 0.381 e. The molecule has 0 aliphatic heterocycles. The van der Waals surface area contributed by atoms with Gasteiger partial charge in [0.1, 0.15) is 0 Å². The Bertz CT molecular complexity index is 585. The third-order valence-corrected chi connectivity index (χ3v) is 3.16. The van der Waals surface area contributed by atoms with E-state index in [1.165, 1.54) is 17.5 Å². The number of nitrogens with zero attached hydrogens (tertiary/aromatic N) is 4. The minimum absolute atomic E-state index is 0.0451. The molecule has 1 saturated carbocycles. The van der Waals surface area contributed by atoms with Crippen LogP contribution in [0, 0.1) is 0 Å². The fourth-order valence-corrected chi connectivity index (χ4v) is 1.97. The summed E-state index contributed by atoms with van der Waals surface area (Å²) in [5, 5.41) is 7.47. The average molecular weight is 259 g/mol. The van der Waals surface area contributed by atoms with Crippen LogP contribution in [0.3, 0.4) is 0 Å². The van der Waals surface area contributed by atoms with Crippen LogP contribution in [0.4, 0.5) is 5.69 Å². The second kappa shape index (κ2) is 5.26. The van der Waals surface area contributed by atoms with Gasteiger partial charge in [0.2, 0.25) is 0 Å².